The summed E-state index contributed by atoms with van der Waals surface area (Å²) in [4.78, 5) is 11.9. The van der Waals surface area contributed by atoms with Crippen molar-refractivity contribution in [2.75, 3.05) is 6.61 Å². The van der Waals surface area contributed by atoms with Crippen LogP contribution in [0.25, 0.3) is 0 Å². The Kier molecular flexibility index (Phi) is 3.79. The van der Waals surface area contributed by atoms with Crippen molar-refractivity contribution in [3.05, 3.63) is 23.3 Å². The molecule has 0 aromatic rings. The first-order valence-corrected chi connectivity index (χ1v) is 9.64. The molecular weight excluding hydrogens is 284 g/mol. The fourth-order valence-corrected chi connectivity index (χ4v) is 6.81. The Hall–Kier alpha value is -0.890. The Balaban J connectivity index is 1.70. The summed E-state index contributed by atoms with van der Waals surface area (Å²) in [5.41, 5.74) is 2.90. The van der Waals surface area contributed by atoms with Crippen LogP contribution in [0.1, 0.15) is 58.8 Å². The van der Waals surface area contributed by atoms with E-state index >= 15 is 0 Å². The molecule has 126 valence electrons. The first-order chi connectivity index (χ1) is 11.1. The van der Waals surface area contributed by atoms with Gasteiger partial charge in [0.2, 0.25) is 0 Å². The molecule has 0 amide bonds. The molecular formula is C21H30O2. The number of hydrogen-bond donors (Lipinski definition) is 1. The molecule has 23 heavy (non-hydrogen) atoms. The summed E-state index contributed by atoms with van der Waals surface area (Å²) in [6.07, 6.45) is 11.9. The van der Waals surface area contributed by atoms with Gasteiger partial charge in [-0.1, -0.05) is 31.1 Å². The first-order valence-electron chi connectivity index (χ1n) is 9.64. The Morgan fingerprint density at radius 1 is 1.30 bits per heavy atom. The van der Waals surface area contributed by atoms with Crippen LogP contribution in [-0.2, 0) is 4.79 Å². The molecule has 0 spiro atoms. The van der Waals surface area contributed by atoms with Crippen molar-refractivity contribution >= 4 is 5.78 Å². The lowest BCUT2D eigenvalue weighted by atomic mass is 9.47. The summed E-state index contributed by atoms with van der Waals surface area (Å²) in [6, 6.07) is 0. The standard InChI is InChI=1S/C21H30O2/c1-3-14-4-6-18-17-7-5-15-11-16(23)8-9-21(15,12-22)19(17)10-13(2)20(14)18/h4,11,13,17-20,22H,3,5-10,12H2,1-2H3/t13-,17?,18?,19?,20?,21-/m1/s1. The van der Waals surface area contributed by atoms with Crippen LogP contribution in [0.5, 0.6) is 0 Å². The largest absolute Gasteiger partial charge is 0.395 e. The number of carbonyl (C=O) groups excluding carboxylic acids is 1. The molecule has 0 radical (unpaired) electrons. The molecule has 0 saturated heterocycles. The quantitative estimate of drug-likeness (QED) is 0.772. The second-order valence-electron chi connectivity index (χ2n) is 8.53. The highest BCUT2D eigenvalue weighted by atomic mass is 16.3. The fourth-order valence-electron chi connectivity index (χ4n) is 6.81. The van der Waals surface area contributed by atoms with E-state index in [9.17, 15) is 9.90 Å². The minimum atomic E-state index is -0.0783. The van der Waals surface area contributed by atoms with Crippen LogP contribution in [-0.4, -0.2) is 17.5 Å². The van der Waals surface area contributed by atoms with Crippen LogP contribution < -0.4 is 0 Å². The van der Waals surface area contributed by atoms with Crippen LogP contribution in [0.2, 0.25) is 0 Å². The molecule has 2 heteroatoms. The summed E-state index contributed by atoms with van der Waals surface area (Å²) in [7, 11) is 0. The Labute approximate surface area is 140 Å². The van der Waals surface area contributed by atoms with Gasteiger partial charge in [0.15, 0.2) is 5.78 Å². The molecule has 4 aliphatic carbocycles. The third-order valence-electron chi connectivity index (χ3n) is 7.79. The monoisotopic (exact) mass is 314 g/mol. The lowest BCUT2D eigenvalue weighted by molar-refractivity contribution is -0.118. The van der Waals surface area contributed by atoms with Crippen LogP contribution in [0, 0.1) is 35.0 Å². The predicted molar refractivity (Wildman–Crippen MR) is 91.8 cm³/mol. The number of hydrogen-bond acceptors (Lipinski definition) is 2. The summed E-state index contributed by atoms with van der Waals surface area (Å²) in [5.74, 6) is 3.90. The van der Waals surface area contributed by atoms with E-state index < -0.39 is 0 Å². The van der Waals surface area contributed by atoms with E-state index in [4.69, 9.17) is 0 Å². The van der Waals surface area contributed by atoms with E-state index in [-0.39, 0.29) is 17.8 Å². The van der Waals surface area contributed by atoms with E-state index in [0.717, 1.165) is 36.5 Å². The summed E-state index contributed by atoms with van der Waals surface area (Å²) in [5, 5.41) is 10.4. The van der Waals surface area contributed by atoms with Crippen molar-refractivity contribution in [3.63, 3.8) is 0 Å². The van der Waals surface area contributed by atoms with Crippen molar-refractivity contribution < 1.29 is 9.90 Å². The molecule has 4 rings (SSSR count). The average Bonchev–Trinajstić information content (AvgIpc) is 2.99. The molecule has 4 unspecified atom stereocenters. The Morgan fingerprint density at radius 2 is 2.13 bits per heavy atom. The van der Waals surface area contributed by atoms with Crippen molar-refractivity contribution in [1.29, 1.82) is 0 Å². The molecule has 0 aromatic heterocycles. The number of allylic oxidation sites excluding steroid dienone is 3. The normalized spacial score (nSPS) is 45.7. The highest BCUT2D eigenvalue weighted by Gasteiger charge is 2.56. The minimum absolute atomic E-state index is 0.0783. The Bertz CT molecular complexity index is 572. The van der Waals surface area contributed by atoms with Crippen molar-refractivity contribution in [2.24, 2.45) is 35.0 Å². The number of carbonyl (C=O) groups is 1. The average molecular weight is 314 g/mol. The number of rotatable bonds is 2. The van der Waals surface area contributed by atoms with Crippen LogP contribution >= 0.6 is 0 Å². The SMILES string of the molecule is CCC1=CCC2C3CCC4=CC(=O)CC[C@]4(CO)C3C[C@@H](C)C12. The van der Waals surface area contributed by atoms with Gasteiger partial charge in [-0.05, 0) is 74.2 Å². The fraction of sp³-hybridized carbons (Fsp3) is 0.762. The minimum Gasteiger partial charge on any atom is -0.395 e. The summed E-state index contributed by atoms with van der Waals surface area (Å²) in [6.45, 7) is 4.97. The third kappa shape index (κ3) is 2.13. The highest BCUT2D eigenvalue weighted by molar-refractivity contribution is 5.91. The van der Waals surface area contributed by atoms with E-state index in [2.05, 4.69) is 19.9 Å². The number of aliphatic hydroxyl groups excluding tert-OH is 1. The van der Waals surface area contributed by atoms with Gasteiger partial charge in [0, 0.05) is 11.8 Å². The molecule has 0 aliphatic heterocycles. The topological polar surface area (TPSA) is 37.3 Å². The maximum atomic E-state index is 11.9. The predicted octanol–water partition coefficient (Wildman–Crippen LogP) is 4.29. The molecule has 0 heterocycles. The maximum absolute atomic E-state index is 11.9. The van der Waals surface area contributed by atoms with Gasteiger partial charge in [-0.2, -0.15) is 0 Å². The molecule has 2 saturated carbocycles. The lowest BCUT2D eigenvalue weighted by Crippen LogP contribution is -2.52. The lowest BCUT2D eigenvalue weighted by Gasteiger charge is -2.57. The molecule has 2 nitrogen and oxygen atoms in total. The van der Waals surface area contributed by atoms with Gasteiger partial charge in [0.25, 0.3) is 0 Å². The second-order valence-corrected chi connectivity index (χ2v) is 8.53. The van der Waals surface area contributed by atoms with Gasteiger partial charge in [-0.3, -0.25) is 4.79 Å². The van der Waals surface area contributed by atoms with E-state index in [1.807, 2.05) is 6.08 Å². The number of aliphatic hydroxyl groups is 1. The smallest absolute Gasteiger partial charge is 0.155 e. The van der Waals surface area contributed by atoms with Crippen LogP contribution in [0.3, 0.4) is 0 Å². The van der Waals surface area contributed by atoms with Crippen LogP contribution in [0.15, 0.2) is 23.3 Å². The number of ketones is 1. The highest BCUT2D eigenvalue weighted by Crippen LogP contribution is 2.63. The van der Waals surface area contributed by atoms with E-state index in [1.54, 1.807) is 5.57 Å². The molecule has 4 aliphatic rings. The van der Waals surface area contributed by atoms with Gasteiger partial charge in [-0.15, -0.1) is 0 Å². The van der Waals surface area contributed by atoms with E-state index in [0.29, 0.717) is 12.3 Å². The summed E-state index contributed by atoms with van der Waals surface area (Å²) >= 11 is 0. The maximum Gasteiger partial charge on any atom is 0.155 e. The molecule has 0 bridgehead atoms. The van der Waals surface area contributed by atoms with Crippen molar-refractivity contribution in [2.45, 2.75) is 58.8 Å². The van der Waals surface area contributed by atoms with Gasteiger partial charge in [0.1, 0.15) is 0 Å². The zero-order chi connectivity index (χ0) is 16.2. The zero-order valence-corrected chi connectivity index (χ0v) is 14.6. The van der Waals surface area contributed by atoms with Crippen molar-refractivity contribution in [3.8, 4) is 0 Å². The summed E-state index contributed by atoms with van der Waals surface area (Å²) < 4.78 is 0. The Morgan fingerprint density at radius 3 is 2.87 bits per heavy atom. The van der Waals surface area contributed by atoms with Gasteiger partial charge < -0.3 is 5.11 Å². The van der Waals surface area contributed by atoms with Crippen LogP contribution in [0.4, 0.5) is 0 Å². The van der Waals surface area contributed by atoms with Gasteiger partial charge in [-0.25, -0.2) is 0 Å². The van der Waals surface area contributed by atoms with E-state index in [1.165, 1.54) is 31.3 Å². The molecule has 6 atom stereocenters. The number of fused-ring (bicyclic) bond motifs is 5. The van der Waals surface area contributed by atoms with Gasteiger partial charge >= 0.3 is 0 Å². The molecule has 2 fully saturated rings. The molecule has 0 aromatic carbocycles. The van der Waals surface area contributed by atoms with Crippen molar-refractivity contribution in [1.82, 2.24) is 0 Å². The second kappa shape index (κ2) is 5.58. The zero-order valence-electron chi connectivity index (χ0n) is 14.6. The third-order valence-corrected chi connectivity index (χ3v) is 7.79. The molecule has 1 N–H and O–H groups in total. The van der Waals surface area contributed by atoms with Gasteiger partial charge in [0.05, 0.1) is 6.61 Å². The first kappa shape index (κ1) is 15.6.